The first-order chi connectivity index (χ1) is 11.7. The predicted octanol–water partition coefficient (Wildman–Crippen LogP) is 4.42. The van der Waals surface area contributed by atoms with Gasteiger partial charge in [0.25, 0.3) is 0 Å². The fourth-order valence-corrected chi connectivity index (χ4v) is 2.70. The molecule has 1 heterocycles. The lowest BCUT2D eigenvalue weighted by Gasteiger charge is -2.15. The van der Waals surface area contributed by atoms with Crippen molar-refractivity contribution in [1.82, 2.24) is 14.9 Å². The summed E-state index contributed by atoms with van der Waals surface area (Å²) in [5.41, 5.74) is 4.01. The zero-order valence-electron chi connectivity index (χ0n) is 14.0. The zero-order chi connectivity index (χ0) is 16.9. The van der Waals surface area contributed by atoms with Crippen LogP contribution < -0.4 is 5.32 Å². The molecule has 1 aromatic heterocycles. The molecule has 1 atom stereocenters. The third kappa shape index (κ3) is 3.71. The molecule has 124 valence electrons. The number of halogens is 1. The summed E-state index contributed by atoms with van der Waals surface area (Å²) in [7, 11) is 0. The van der Waals surface area contributed by atoms with Crippen LogP contribution in [0.5, 0.6) is 0 Å². The third-order valence-electron chi connectivity index (χ3n) is 4.30. The molecule has 0 saturated carbocycles. The van der Waals surface area contributed by atoms with Gasteiger partial charge in [0, 0.05) is 25.0 Å². The van der Waals surface area contributed by atoms with E-state index in [1.54, 1.807) is 35.4 Å². The monoisotopic (exact) mass is 323 g/mol. The van der Waals surface area contributed by atoms with Gasteiger partial charge in [-0.05, 0) is 42.2 Å². The molecular weight excluding hydrogens is 301 g/mol. The Kier molecular flexibility index (Phi) is 5.06. The van der Waals surface area contributed by atoms with Crippen molar-refractivity contribution in [2.24, 2.45) is 0 Å². The Morgan fingerprint density at radius 1 is 1.12 bits per heavy atom. The Bertz CT molecular complexity index is 779. The maximum Gasteiger partial charge on any atom is 0.147 e. The van der Waals surface area contributed by atoms with E-state index in [9.17, 15) is 4.39 Å². The number of aromatic nitrogens is 2. The van der Waals surface area contributed by atoms with Gasteiger partial charge in [0.15, 0.2) is 0 Å². The van der Waals surface area contributed by atoms with E-state index in [-0.39, 0.29) is 11.9 Å². The maximum atomic E-state index is 14.3. The molecule has 0 radical (unpaired) electrons. The van der Waals surface area contributed by atoms with E-state index >= 15 is 0 Å². The largest absolute Gasteiger partial charge is 0.306 e. The Morgan fingerprint density at radius 3 is 2.50 bits per heavy atom. The standard InChI is InChI=1S/C20H22FN3/c1-3-16-4-7-18(8-5-16)15(2)23-13-17-6-9-20(19(21)12-17)24-11-10-22-14-24/h4-12,14-15,23H,3,13H2,1-2H3. The molecule has 0 fully saturated rings. The summed E-state index contributed by atoms with van der Waals surface area (Å²) in [6, 6.07) is 14.1. The lowest BCUT2D eigenvalue weighted by Crippen LogP contribution is -2.18. The van der Waals surface area contributed by atoms with Crippen LogP contribution in [0.2, 0.25) is 0 Å². The van der Waals surface area contributed by atoms with E-state index in [4.69, 9.17) is 0 Å². The fourth-order valence-electron chi connectivity index (χ4n) is 2.70. The van der Waals surface area contributed by atoms with Gasteiger partial charge in [-0.2, -0.15) is 0 Å². The Morgan fingerprint density at radius 2 is 1.88 bits per heavy atom. The van der Waals surface area contributed by atoms with Crippen molar-refractivity contribution in [2.45, 2.75) is 32.9 Å². The van der Waals surface area contributed by atoms with Gasteiger partial charge < -0.3 is 9.88 Å². The molecule has 0 spiro atoms. The van der Waals surface area contributed by atoms with E-state index in [0.717, 1.165) is 12.0 Å². The number of nitrogens with one attached hydrogen (secondary N) is 1. The average molecular weight is 323 g/mol. The number of hydrogen-bond acceptors (Lipinski definition) is 2. The van der Waals surface area contributed by atoms with Crippen LogP contribution in [0.1, 0.15) is 36.6 Å². The molecular formula is C20H22FN3. The van der Waals surface area contributed by atoms with Crippen molar-refractivity contribution in [2.75, 3.05) is 0 Å². The first kappa shape index (κ1) is 16.4. The van der Waals surface area contributed by atoms with Crippen molar-refractivity contribution in [3.63, 3.8) is 0 Å². The van der Waals surface area contributed by atoms with Gasteiger partial charge in [-0.15, -0.1) is 0 Å². The van der Waals surface area contributed by atoms with Crippen LogP contribution in [0.15, 0.2) is 61.2 Å². The summed E-state index contributed by atoms with van der Waals surface area (Å²) in [4.78, 5) is 3.95. The quantitative estimate of drug-likeness (QED) is 0.727. The van der Waals surface area contributed by atoms with Crippen LogP contribution in [-0.4, -0.2) is 9.55 Å². The molecule has 1 unspecified atom stereocenters. The van der Waals surface area contributed by atoms with E-state index < -0.39 is 0 Å². The Balaban J connectivity index is 1.64. The highest BCUT2D eigenvalue weighted by Crippen LogP contribution is 2.17. The number of aryl methyl sites for hydroxylation is 1. The van der Waals surface area contributed by atoms with Crippen LogP contribution in [0, 0.1) is 5.82 Å². The second-order valence-corrected chi connectivity index (χ2v) is 5.95. The van der Waals surface area contributed by atoms with Gasteiger partial charge in [-0.3, -0.25) is 0 Å². The van der Waals surface area contributed by atoms with E-state index in [1.165, 1.54) is 11.1 Å². The molecule has 3 aromatic rings. The second kappa shape index (κ2) is 7.41. The van der Waals surface area contributed by atoms with Crippen molar-refractivity contribution in [1.29, 1.82) is 0 Å². The number of hydrogen-bond donors (Lipinski definition) is 1. The normalized spacial score (nSPS) is 12.3. The zero-order valence-corrected chi connectivity index (χ0v) is 14.0. The average Bonchev–Trinajstić information content (AvgIpc) is 3.14. The van der Waals surface area contributed by atoms with E-state index in [2.05, 4.69) is 48.4 Å². The molecule has 0 bridgehead atoms. The molecule has 0 aliphatic heterocycles. The minimum absolute atomic E-state index is 0.215. The summed E-state index contributed by atoms with van der Waals surface area (Å²) in [6.45, 7) is 4.90. The number of nitrogens with zero attached hydrogens (tertiary/aromatic N) is 2. The number of imidazole rings is 1. The summed E-state index contributed by atoms with van der Waals surface area (Å²) < 4.78 is 15.9. The molecule has 0 amide bonds. The lowest BCUT2D eigenvalue weighted by atomic mass is 10.0. The summed E-state index contributed by atoms with van der Waals surface area (Å²) >= 11 is 0. The molecule has 0 aliphatic carbocycles. The molecule has 4 heteroatoms. The summed E-state index contributed by atoms with van der Waals surface area (Å²) in [5, 5.41) is 3.45. The lowest BCUT2D eigenvalue weighted by molar-refractivity contribution is 0.568. The Labute approximate surface area is 142 Å². The third-order valence-corrected chi connectivity index (χ3v) is 4.30. The van der Waals surface area contributed by atoms with Gasteiger partial charge in [0.05, 0.1) is 12.0 Å². The molecule has 24 heavy (non-hydrogen) atoms. The first-order valence-electron chi connectivity index (χ1n) is 8.26. The van der Waals surface area contributed by atoms with Gasteiger partial charge in [-0.1, -0.05) is 37.3 Å². The molecule has 1 N–H and O–H groups in total. The van der Waals surface area contributed by atoms with E-state index in [1.807, 2.05) is 6.07 Å². The van der Waals surface area contributed by atoms with Crippen LogP contribution >= 0.6 is 0 Å². The summed E-state index contributed by atoms with van der Waals surface area (Å²) in [6.07, 6.45) is 6.02. The molecule has 2 aromatic carbocycles. The first-order valence-corrected chi connectivity index (χ1v) is 8.26. The van der Waals surface area contributed by atoms with Gasteiger partial charge in [0.2, 0.25) is 0 Å². The van der Waals surface area contributed by atoms with Gasteiger partial charge in [-0.25, -0.2) is 9.37 Å². The molecule has 3 rings (SSSR count). The van der Waals surface area contributed by atoms with Crippen LogP contribution in [0.25, 0.3) is 5.69 Å². The number of benzene rings is 2. The predicted molar refractivity (Wildman–Crippen MR) is 94.6 cm³/mol. The Hall–Kier alpha value is -2.46. The van der Waals surface area contributed by atoms with Crippen molar-refractivity contribution < 1.29 is 4.39 Å². The van der Waals surface area contributed by atoms with Gasteiger partial charge in [0.1, 0.15) is 5.82 Å². The molecule has 0 aliphatic rings. The van der Waals surface area contributed by atoms with Crippen molar-refractivity contribution in [3.8, 4) is 5.69 Å². The van der Waals surface area contributed by atoms with Crippen molar-refractivity contribution >= 4 is 0 Å². The topological polar surface area (TPSA) is 29.9 Å². The fraction of sp³-hybridized carbons (Fsp3) is 0.250. The highest BCUT2D eigenvalue weighted by Gasteiger charge is 2.08. The second-order valence-electron chi connectivity index (χ2n) is 5.95. The van der Waals surface area contributed by atoms with Gasteiger partial charge >= 0.3 is 0 Å². The highest BCUT2D eigenvalue weighted by molar-refractivity contribution is 5.36. The number of rotatable bonds is 6. The van der Waals surface area contributed by atoms with Crippen LogP contribution in [-0.2, 0) is 13.0 Å². The minimum atomic E-state index is -0.243. The molecule has 0 saturated heterocycles. The minimum Gasteiger partial charge on any atom is -0.306 e. The van der Waals surface area contributed by atoms with E-state index in [0.29, 0.717) is 12.2 Å². The maximum absolute atomic E-state index is 14.3. The summed E-state index contributed by atoms with van der Waals surface area (Å²) in [5.74, 6) is -0.243. The smallest absolute Gasteiger partial charge is 0.147 e. The molecule has 3 nitrogen and oxygen atoms in total. The van der Waals surface area contributed by atoms with Crippen molar-refractivity contribution in [3.05, 3.63) is 83.7 Å². The highest BCUT2D eigenvalue weighted by atomic mass is 19.1. The van der Waals surface area contributed by atoms with Crippen LogP contribution in [0.4, 0.5) is 4.39 Å². The SMILES string of the molecule is CCc1ccc(C(C)NCc2ccc(-n3ccnc3)c(F)c2)cc1. The van der Waals surface area contributed by atoms with Crippen LogP contribution in [0.3, 0.4) is 0 Å².